The van der Waals surface area contributed by atoms with Gasteiger partial charge in [0.2, 0.25) is 0 Å². The minimum atomic E-state index is -4.95. The number of rotatable bonds is 4. The Morgan fingerprint density at radius 1 is 1.11 bits per heavy atom. The third-order valence-electron chi connectivity index (χ3n) is 4.37. The Balaban J connectivity index is 1.83. The molecule has 0 atom stereocenters. The van der Waals surface area contributed by atoms with Crippen LogP contribution in [0.1, 0.15) is 11.1 Å². The Hall–Kier alpha value is -2.20. The molecule has 0 aromatic heterocycles. The number of amides is 1. The van der Waals surface area contributed by atoms with Gasteiger partial charge in [0, 0.05) is 23.7 Å². The first-order valence-corrected chi connectivity index (χ1v) is 11.0. The normalized spacial score (nSPS) is 14.5. The van der Waals surface area contributed by atoms with Gasteiger partial charge in [-0.15, -0.1) is 11.8 Å². The Labute approximate surface area is 165 Å². The van der Waals surface area contributed by atoms with E-state index in [0.29, 0.717) is 16.2 Å². The van der Waals surface area contributed by atoms with Crippen LogP contribution in [-0.2, 0) is 27.8 Å². The van der Waals surface area contributed by atoms with Crippen LogP contribution in [0.3, 0.4) is 0 Å². The molecule has 0 bridgehead atoms. The Morgan fingerprint density at radius 2 is 1.79 bits per heavy atom. The van der Waals surface area contributed by atoms with Gasteiger partial charge in [-0.1, -0.05) is 6.07 Å². The lowest BCUT2D eigenvalue weighted by Crippen LogP contribution is -2.43. The molecule has 1 N–H and O–H groups in total. The Kier molecular flexibility index (Phi) is 5.62. The molecular weight excluding hydrogens is 413 g/mol. The quantitative estimate of drug-likeness (QED) is 0.752. The van der Waals surface area contributed by atoms with Crippen LogP contribution in [-0.4, -0.2) is 38.2 Å². The average molecular weight is 430 g/mol. The number of hydrogen-bond acceptors (Lipinski definition) is 4. The standard InChI is InChI=1S/C18H17F3N2O3S2/c1-27-15-5-3-14(4-6-15)22-28(25,26)16-7-2-12-8-9-23(11-13(12)10-16)17(24)18(19,20)21/h2-7,10,22H,8-9,11H2,1H3. The van der Waals surface area contributed by atoms with Crippen LogP contribution in [0.2, 0.25) is 0 Å². The molecule has 10 heteroatoms. The van der Waals surface area contributed by atoms with Gasteiger partial charge in [-0.25, -0.2) is 8.42 Å². The third-order valence-corrected chi connectivity index (χ3v) is 6.49. The molecule has 2 aromatic carbocycles. The van der Waals surface area contributed by atoms with Gasteiger partial charge in [0.25, 0.3) is 10.0 Å². The number of alkyl halides is 3. The molecule has 1 amide bonds. The maximum atomic E-state index is 12.7. The van der Waals surface area contributed by atoms with Gasteiger partial charge in [-0.05, 0) is 60.2 Å². The molecule has 28 heavy (non-hydrogen) atoms. The summed E-state index contributed by atoms with van der Waals surface area (Å²) in [5.74, 6) is -1.92. The van der Waals surface area contributed by atoms with E-state index in [1.807, 2.05) is 6.26 Å². The summed E-state index contributed by atoms with van der Waals surface area (Å²) in [4.78, 5) is 13.1. The number of hydrogen-bond donors (Lipinski definition) is 1. The molecule has 0 spiro atoms. The van der Waals surface area contributed by atoms with E-state index in [1.54, 1.807) is 30.3 Å². The van der Waals surface area contributed by atoms with Crippen molar-refractivity contribution in [3.05, 3.63) is 53.6 Å². The summed E-state index contributed by atoms with van der Waals surface area (Å²) in [6, 6.07) is 11.1. The van der Waals surface area contributed by atoms with E-state index in [1.165, 1.54) is 23.9 Å². The van der Waals surface area contributed by atoms with Gasteiger partial charge >= 0.3 is 12.1 Å². The molecule has 5 nitrogen and oxygen atoms in total. The summed E-state index contributed by atoms with van der Waals surface area (Å²) in [5, 5.41) is 0. The van der Waals surface area contributed by atoms with Crippen molar-refractivity contribution in [2.45, 2.75) is 28.9 Å². The number of benzene rings is 2. The molecule has 0 aliphatic carbocycles. The average Bonchev–Trinajstić information content (AvgIpc) is 2.66. The molecule has 150 valence electrons. The lowest BCUT2D eigenvalue weighted by molar-refractivity contribution is -0.186. The molecule has 1 heterocycles. The second-order valence-corrected chi connectivity index (χ2v) is 8.80. The number of halogens is 3. The first kappa shape index (κ1) is 20.5. The highest BCUT2D eigenvalue weighted by molar-refractivity contribution is 7.98. The van der Waals surface area contributed by atoms with Crippen molar-refractivity contribution >= 4 is 33.4 Å². The number of sulfonamides is 1. The molecule has 3 rings (SSSR count). The first-order valence-electron chi connectivity index (χ1n) is 8.25. The number of carbonyl (C=O) groups is 1. The number of thioether (sulfide) groups is 1. The maximum Gasteiger partial charge on any atom is 0.471 e. The topological polar surface area (TPSA) is 66.5 Å². The predicted molar refractivity (Wildman–Crippen MR) is 101 cm³/mol. The zero-order chi connectivity index (χ0) is 20.5. The zero-order valence-corrected chi connectivity index (χ0v) is 16.4. The van der Waals surface area contributed by atoms with Gasteiger partial charge in [-0.2, -0.15) is 13.2 Å². The van der Waals surface area contributed by atoms with E-state index in [9.17, 15) is 26.4 Å². The summed E-state index contributed by atoms with van der Waals surface area (Å²) < 4.78 is 65.8. The molecule has 0 radical (unpaired) electrons. The van der Waals surface area contributed by atoms with Gasteiger partial charge in [0.05, 0.1) is 4.90 Å². The summed E-state index contributed by atoms with van der Waals surface area (Å²) in [6.07, 6.45) is -2.81. The van der Waals surface area contributed by atoms with Gasteiger partial charge in [0.15, 0.2) is 0 Å². The van der Waals surface area contributed by atoms with Crippen LogP contribution in [0.4, 0.5) is 18.9 Å². The fourth-order valence-corrected chi connectivity index (χ4v) is 4.44. The lowest BCUT2D eigenvalue weighted by atomic mass is 10.00. The van der Waals surface area contributed by atoms with Crippen molar-refractivity contribution in [3.63, 3.8) is 0 Å². The Morgan fingerprint density at radius 3 is 2.39 bits per heavy atom. The van der Waals surface area contributed by atoms with Crippen molar-refractivity contribution in [3.8, 4) is 0 Å². The van der Waals surface area contributed by atoms with E-state index in [0.717, 1.165) is 10.5 Å². The number of anilines is 1. The molecule has 0 saturated carbocycles. The fraction of sp³-hybridized carbons (Fsp3) is 0.278. The molecule has 2 aromatic rings. The molecule has 0 unspecified atom stereocenters. The van der Waals surface area contributed by atoms with Gasteiger partial charge in [-0.3, -0.25) is 9.52 Å². The van der Waals surface area contributed by atoms with E-state index >= 15 is 0 Å². The molecule has 0 fully saturated rings. The van der Waals surface area contributed by atoms with Crippen LogP contribution in [0.25, 0.3) is 0 Å². The highest BCUT2D eigenvalue weighted by atomic mass is 32.2. The van der Waals surface area contributed by atoms with E-state index in [4.69, 9.17) is 0 Å². The predicted octanol–water partition coefficient (Wildman–Crippen LogP) is 3.66. The summed E-state index contributed by atoms with van der Waals surface area (Å²) in [7, 11) is -3.91. The molecular formula is C18H17F3N2O3S2. The smallest absolute Gasteiger partial charge is 0.330 e. The van der Waals surface area contributed by atoms with E-state index in [-0.39, 0.29) is 24.4 Å². The SMILES string of the molecule is CSc1ccc(NS(=O)(=O)c2ccc3c(c2)CN(C(=O)C(F)(F)F)CC3)cc1. The zero-order valence-electron chi connectivity index (χ0n) is 14.8. The number of nitrogens with one attached hydrogen (secondary N) is 1. The van der Waals surface area contributed by atoms with Crippen molar-refractivity contribution < 1.29 is 26.4 Å². The van der Waals surface area contributed by atoms with Crippen molar-refractivity contribution in [1.29, 1.82) is 0 Å². The number of fused-ring (bicyclic) bond motifs is 1. The maximum absolute atomic E-state index is 12.7. The second-order valence-electron chi connectivity index (χ2n) is 6.24. The number of nitrogens with zero attached hydrogens (tertiary/aromatic N) is 1. The second kappa shape index (κ2) is 7.67. The summed E-state index contributed by atoms with van der Waals surface area (Å²) >= 11 is 1.52. The van der Waals surface area contributed by atoms with Crippen molar-refractivity contribution in [2.75, 3.05) is 17.5 Å². The highest BCUT2D eigenvalue weighted by Gasteiger charge is 2.43. The molecule has 0 saturated heterocycles. The van der Waals surface area contributed by atoms with Crippen LogP contribution in [0, 0.1) is 0 Å². The van der Waals surface area contributed by atoms with Crippen LogP contribution in [0.15, 0.2) is 52.3 Å². The van der Waals surface area contributed by atoms with Crippen LogP contribution >= 0.6 is 11.8 Å². The van der Waals surface area contributed by atoms with E-state index in [2.05, 4.69) is 4.72 Å². The molecule has 1 aliphatic heterocycles. The van der Waals surface area contributed by atoms with Crippen LogP contribution in [0.5, 0.6) is 0 Å². The largest absolute Gasteiger partial charge is 0.471 e. The van der Waals surface area contributed by atoms with Gasteiger partial charge < -0.3 is 4.90 Å². The monoisotopic (exact) mass is 430 g/mol. The van der Waals surface area contributed by atoms with Crippen LogP contribution < -0.4 is 4.72 Å². The van der Waals surface area contributed by atoms with Crippen molar-refractivity contribution in [2.24, 2.45) is 0 Å². The minimum Gasteiger partial charge on any atom is -0.330 e. The van der Waals surface area contributed by atoms with Crippen molar-refractivity contribution in [1.82, 2.24) is 4.90 Å². The minimum absolute atomic E-state index is 0.0581. The lowest BCUT2D eigenvalue weighted by Gasteiger charge is -2.29. The third kappa shape index (κ3) is 4.44. The fourth-order valence-electron chi connectivity index (χ4n) is 2.93. The Bertz CT molecular complexity index is 990. The first-order chi connectivity index (χ1) is 13.1. The van der Waals surface area contributed by atoms with Gasteiger partial charge in [0.1, 0.15) is 0 Å². The summed E-state index contributed by atoms with van der Waals surface area (Å²) in [5.41, 5.74) is 1.50. The van der Waals surface area contributed by atoms with E-state index < -0.39 is 22.1 Å². The summed E-state index contributed by atoms with van der Waals surface area (Å²) in [6.45, 7) is -0.336. The highest BCUT2D eigenvalue weighted by Crippen LogP contribution is 2.27. The molecule has 1 aliphatic rings. The number of carbonyl (C=O) groups excluding carboxylic acids is 1.